The Morgan fingerprint density at radius 2 is 2.05 bits per heavy atom. The average molecular weight is 356 g/mol. The van der Waals surface area contributed by atoms with Crippen LogP contribution in [0.4, 0.5) is 0 Å². The third-order valence-electron chi connectivity index (χ3n) is 2.82. The summed E-state index contributed by atoms with van der Waals surface area (Å²) in [5.41, 5.74) is -0.219. The second-order valence-corrected chi connectivity index (χ2v) is 5.91. The number of nitrogens with one attached hydrogen (secondary N) is 1. The highest BCUT2D eigenvalue weighted by atomic mass is 79.9. The molecule has 0 saturated heterocycles. The van der Waals surface area contributed by atoms with Crippen LogP contribution in [-0.4, -0.2) is 25.8 Å². The lowest BCUT2D eigenvalue weighted by atomic mass is 10.0. The van der Waals surface area contributed by atoms with Crippen molar-refractivity contribution in [2.75, 3.05) is 11.1 Å². The molecule has 0 amide bonds. The molecule has 0 aliphatic heterocycles. The number of benzene rings is 1. The molecule has 2 rings (SSSR count). The average Bonchev–Trinajstić information content (AvgIpc) is 2.46. The zero-order valence-corrected chi connectivity index (χ0v) is 13.3. The van der Waals surface area contributed by atoms with Crippen molar-refractivity contribution in [3.05, 3.63) is 56.6 Å². The van der Waals surface area contributed by atoms with Gasteiger partial charge in [0, 0.05) is 24.0 Å². The van der Waals surface area contributed by atoms with Gasteiger partial charge in [0.2, 0.25) is 0 Å². The molecule has 7 heteroatoms. The van der Waals surface area contributed by atoms with Crippen molar-refractivity contribution in [2.45, 2.75) is 11.1 Å². The largest absolute Gasteiger partial charge is 0.339 e. The fourth-order valence-corrected chi connectivity index (χ4v) is 3.67. The molecule has 1 aromatic heterocycles. The van der Waals surface area contributed by atoms with Gasteiger partial charge in [-0.1, -0.05) is 58.0 Å². The molecular weight excluding hydrogens is 342 g/mol. The van der Waals surface area contributed by atoms with Crippen molar-refractivity contribution >= 4 is 27.7 Å². The number of halogens is 1. The van der Waals surface area contributed by atoms with Crippen LogP contribution in [0.2, 0.25) is 0 Å². The Balaban J connectivity index is 2.13. The minimum absolute atomic E-state index is 0.310. The van der Waals surface area contributed by atoms with Crippen molar-refractivity contribution in [3.8, 4) is 0 Å². The Bertz CT molecular complexity index is 684. The number of thioether (sulfide) groups is 1. The van der Waals surface area contributed by atoms with E-state index >= 15 is 0 Å². The van der Waals surface area contributed by atoms with E-state index in [2.05, 4.69) is 38.1 Å². The van der Waals surface area contributed by atoms with Crippen molar-refractivity contribution in [1.29, 1.82) is 0 Å². The topological polar surface area (TPSA) is 67.8 Å². The standard InChI is InChI=1S/C13H14BrN3O2S/c1-17-13(15-11(18)12(19)16-17)20-8-10(7-14)9-5-3-2-4-6-9/h2-6,10H,7-8H2,1H3,(H,16,19). The van der Waals surface area contributed by atoms with Crippen molar-refractivity contribution in [1.82, 2.24) is 14.8 Å². The predicted octanol–water partition coefficient (Wildman–Crippen LogP) is 1.74. The lowest BCUT2D eigenvalue weighted by Crippen LogP contribution is -2.34. The van der Waals surface area contributed by atoms with Crippen LogP contribution in [0.25, 0.3) is 0 Å². The van der Waals surface area contributed by atoms with Gasteiger partial charge in [0.15, 0.2) is 5.16 Å². The third-order valence-corrected chi connectivity index (χ3v) is 4.79. The van der Waals surface area contributed by atoms with Crippen LogP contribution in [0.15, 0.2) is 45.1 Å². The van der Waals surface area contributed by atoms with Crippen LogP contribution in [0.3, 0.4) is 0 Å². The van der Waals surface area contributed by atoms with Gasteiger partial charge in [0.25, 0.3) is 0 Å². The highest BCUT2D eigenvalue weighted by Crippen LogP contribution is 2.25. The molecule has 0 bridgehead atoms. The molecule has 0 radical (unpaired) electrons. The Morgan fingerprint density at radius 3 is 2.70 bits per heavy atom. The van der Waals surface area contributed by atoms with Gasteiger partial charge >= 0.3 is 11.1 Å². The van der Waals surface area contributed by atoms with Crippen LogP contribution in [-0.2, 0) is 7.05 Å². The quantitative estimate of drug-likeness (QED) is 0.504. The van der Waals surface area contributed by atoms with E-state index in [1.807, 2.05) is 18.2 Å². The van der Waals surface area contributed by atoms with Crippen LogP contribution >= 0.6 is 27.7 Å². The number of hydrogen-bond acceptors (Lipinski definition) is 4. The molecule has 1 aromatic carbocycles. The van der Waals surface area contributed by atoms with Crippen LogP contribution in [0, 0.1) is 0 Å². The van der Waals surface area contributed by atoms with Crippen molar-refractivity contribution < 1.29 is 0 Å². The van der Waals surface area contributed by atoms with Gasteiger partial charge in [-0.15, -0.1) is 0 Å². The van der Waals surface area contributed by atoms with Gasteiger partial charge in [0.05, 0.1) is 0 Å². The van der Waals surface area contributed by atoms with Gasteiger partial charge in [-0.2, -0.15) is 4.98 Å². The minimum Gasteiger partial charge on any atom is -0.265 e. The van der Waals surface area contributed by atoms with Crippen molar-refractivity contribution in [3.63, 3.8) is 0 Å². The van der Waals surface area contributed by atoms with Gasteiger partial charge in [0.1, 0.15) is 0 Å². The monoisotopic (exact) mass is 355 g/mol. The van der Waals surface area contributed by atoms with E-state index in [0.717, 1.165) is 11.1 Å². The second kappa shape index (κ2) is 6.90. The zero-order valence-electron chi connectivity index (χ0n) is 10.9. The molecule has 0 aliphatic carbocycles. The maximum absolute atomic E-state index is 11.3. The Labute approximate surface area is 128 Å². The molecule has 5 nitrogen and oxygen atoms in total. The number of aryl methyl sites for hydroxylation is 1. The summed E-state index contributed by atoms with van der Waals surface area (Å²) >= 11 is 4.96. The van der Waals surface area contributed by atoms with Crippen LogP contribution in [0.1, 0.15) is 11.5 Å². The molecule has 1 N–H and O–H groups in total. The second-order valence-electron chi connectivity index (χ2n) is 4.27. The van der Waals surface area contributed by atoms with E-state index in [-0.39, 0.29) is 0 Å². The molecule has 0 aliphatic rings. The fraction of sp³-hybridized carbons (Fsp3) is 0.308. The first-order valence-electron chi connectivity index (χ1n) is 6.03. The van der Waals surface area contributed by atoms with Crippen molar-refractivity contribution in [2.24, 2.45) is 7.05 Å². The summed E-state index contributed by atoms with van der Waals surface area (Å²) in [5.74, 6) is 1.08. The van der Waals surface area contributed by atoms with Gasteiger partial charge in [-0.05, 0) is 5.56 Å². The summed E-state index contributed by atoms with van der Waals surface area (Å²) in [4.78, 5) is 26.2. The van der Waals surface area contributed by atoms with Gasteiger partial charge in [-0.3, -0.25) is 19.4 Å². The fourth-order valence-electron chi connectivity index (χ4n) is 1.72. The lowest BCUT2D eigenvalue weighted by molar-refractivity contribution is 0.596. The Morgan fingerprint density at radius 1 is 1.35 bits per heavy atom. The van der Waals surface area contributed by atoms with Crippen LogP contribution in [0.5, 0.6) is 0 Å². The summed E-state index contributed by atoms with van der Waals surface area (Å²) in [6, 6.07) is 10.1. The molecule has 1 atom stereocenters. The number of aromatic nitrogens is 3. The Kier molecular flexibility index (Phi) is 5.19. The maximum atomic E-state index is 11.3. The van der Waals surface area contributed by atoms with E-state index in [4.69, 9.17) is 0 Å². The van der Waals surface area contributed by atoms with Gasteiger partial charge < -0.3 is 0 Å². The Hall–Kier alpha value is -1.34. The summed E-state index contributed by atoms with van der Waals surface area (Å²) in [6.45, 7) is 0. The molecule has 1 unspecified atom stereocenters. The van der Waals surface area contributed by atoms with E-state index in [1.165, 1.54) is 22.0 Å². The molecule has 106 valence electrons. The maximum Gasteiger partial charge on any atom is 0.339 e. The molecule has 2 aromatic rings. The number of H-pyrrole nitrogens is 1. The number of rotatable bonds is 5. The van der Waals surface area contributed by atoms with Crippen LogP contribution < -0.4 is 11.1 Å². The highest BCUT2D eigenvalue weighted by molar-refractivity contribution is 9.09. The van der Waals surface area contributed by atoms with Gasteiger partial charge in [-0.25, -0.2) is 0 Å². The molecule has 0 saturated carbocycles. The highest BCUT2D eigenvalue weighted by Gasteiger charge is 2.12. The first-order chi connectivity index (χ1) is 9.61. The normalized spacial score (nSPS) is 12.3. The summed E-state index contributed by atoms with van der Waals surface area (Å²) in [7, 11) is 1.67. The molecule has 1 heterocycles. The smallest absolute Gasteiger partial charge is 0.265 e. The van der Waals surface area contributed by atoms with E-state index in [0.29, 0.717) is 11.1 Å². The number of alkyl halides is 1. The predicted molar refractivity (Wildman–Crippen MR) is 83.8 cm³/mol. The first kappa shape index (κ1) is 15.1. The lowest BCUT2D eigenvalue weighted by Gasteiger charge is -2.14. The summed E-state index contributed by atoms with van der Waals surface area (Å²) in [6.07, 6.45) is 0. The summed E-state index contributed by atoms with van der Waals surface area (Å²) < 4.78 is 1.48. The molecule has 20 heavy (non-hydrogen) atoms. The zero-order chi connectivity index (χ0) is 14.5. The number of hydrogen-bond donors (Lipinski definition) is 1. The molecule has 0 fully saturated rings. The van der Waals surface area contributed by atoms with E-state index in [9.17, 15) is 9.59 Å². The first-order valence-corrected chi connectivity index (χ1v) is 8.13. The van der Waals surface area contributed by atoms with E-state index < -0.39 is 11.1 Å². The third kappa shape index (κ3) is 3.61. The molecule has 0 spiro atoms. The minimum atomic E-state index is -0.749. The van der Waals surface area contributed by atoms with E-state index in [1.54, 1.807) is 7.05 Å². The number of aromatic amines is 1. The molecular formula is C13H14BrN3O2S. The SMILES string of the molecule is Cn1[nH]c(=O)c(=O)nc1SCC(CBr)c1ccccc1. The summed E-state index contributed by atoms with van der Waals surface area (Å²) in [5, 5.41) is 3.77. The number of nitrogens with zero attached hydrogens (tertiary/aromatic N) is 2.